The van der Waals surface area contributed by atoms with Crippen LogP contribution in [0.1, 0.15) is 44.8 Å². The third-order valence-electron chi connectivity index (χ3n) is 4.92. The molecule has 0 radical (unpaired) electrons. The predicted octanol–water partition coefficient (Wildman–Crippen LogP) is 4.02. The maximum Gasteiger partial charge on any atom is 0.341 e. The molecule has 3 aromatic rings. The van der Waals surface area contributed by atoms with Gasteiger partial charge in [0.2, 0.25) is 5.91 Å². The molecule has 1 amide bonds. The van der Waals surface area contributed by atoms with Gasteiger partial charge >= 0.3 is 5.97 Å². The van der Waals surface area contributed by atoms with Crippen LogP contribution >= 0.6 is 34.4 Å². The molecule has 0 aromatic carbocycles. The number of nitrogens with one attached hydrogen (secondary N) is 1. The summed E-state index contributed by atoms with van der Waals surface area (Å²) in [6.45, 7) is 2.78. The van der Waals surface area contributed by atoms with Crippen molar-refractivity contribution >= 4 is 51.3 Å². The van der Waals surface area contributed by atoms with E-state index >= 15 is 0 Å². The summed E-state index contributed by atoms with van der Waals surface area (Å²) in [7, 11) is 1.37. The van der Waals surface area contributed by atoms with E-state index in [9.17, 15) is 9.59 Å². The molecule has 0 spiro atoms. The van der Waals surface area contributed by atoms with Gasteiger partial charge in [-0.15, -0.1) is 32.9 Å². The Hall–Kier alpha value is -2.17. The van der Waals surface area contributed by atoms with E-state index in [2.05, 4.69) is 21.6 Å². The van der Waals surface area contributed by atoms with Gasteiger partial charge in [-0.05, 0) is 43.2 Å². The highest BCUT2D eigenvalue weighted by atomic mass is 32.2. The van der Waals surface area contributed by atoms with Crippen molar-refractivity contribution in [3.05, 3.63) is 44.2 Å². The zero-order chi connectivity index (χ0) is 21.1. The van der Waals surface area contributed by atoms with E-state index in [4.69, 9.17) is 4.74 Å². The lowest BCUT2D eigenvalue weighted by molar-refractivity contribution is -0.113. The fourth-order valence-corrected chi connectivity index (χ4v) is 6.36. The predicted molar refractivity (Wildman–Crippen MR) is 120 cm³/mol. The van der Waals surface area contributed by atoms with Crippen LogP contribution in [0.2, 0.25) is 0 Å². The minimum Gasteiger partial charge on any atom is -0.465 e. The van der Waals surface area contributed by atoms with Gasteiger partial charge in [0.15, 0.2) is 5.16 Å². The van der Waals surface area contributed by atoms with Crippen molar-refractivity contribution in [2.24, 2.45) is 0 Å². The van der Waals surface area contributed by atoms with Gasteiger partial charge in [-0.3, -0.25) is 4.79 Å². The number of carbonyl (C=O) groups is 2. The minimum atomic E-state index is -0.388. The summed E-state index contributed by atoms with van der Waals surface area (Å²) < 4.78 is 6.98. The number of hydrogen-bond donors (Lipinski definition) is 1. The van der Waals surface area contributed by atoms with Crippen LogP contribution in [0.15, 0.2) is 22.7 Å². The standard InChI is InChI=1S/C20H22N4O3S3/c1-3-24-15(10-12-6-5-9-28-12)22-23-20(24)29-11-16(25)21-18-17(19(26)27-2)13-7-4-8-14(13)30-18/h5-6,9H,3-4,7-8,10-11H2,1-2H3,(H,21,25). The summed E-state index contributed by atoms with van der Waals surface area (Å²) in [5, 5.41) is 14.9. The number of thioether (sulfide) groups is 1. The number of hydrogen-bond acceptors (Lipinski definition) is 8. The van der Waals surface area contributed by atoms with Crippen molar-refractivity contribution in [3.8, 4) is 0 Å². The van der Waals surface area contributed by atoms with Crippen LogP contribution in [0.3, 0.4) is 0 Å². The Morgan fingerprint density at radius 2 is 2.20 bits per heavy atom. The first-order valence-electron chi connectivity index (χ1n) is 9.70. The second kappa shape index (κ2) is 9.32. The van der Waals surface area contributed by atoms with E-state index in [0.717, 1.165) is 48.8 Å². The van der Waals surface area contributed by atoms with Crippen LogP contribution in [0, 0.1) is 0 Å². The molecular formula is C20H22N4O3S3. The van der Waals surface area contributed by atoms with E-state index in [0.29, 0.717) is 10.6 Å². The maximum atomic E-state index is 12.6. The number of fused-ring (bicyclic) bond motifs is 1. The minimum absolute atomic E-state index is 0.171. The zero-order valence-corrected chi connectivity index (χ0v) is 19.2. The van der Waals surface area contributed by atoms with Crippen LogP contribution in [0.25, 0.3) is 0 Å². The molecule has 158 valence electrons. The Morgan fingerprint density at radius 3 is 2.93 bits per heavy atom. The molecule has 3 heterocycles. The lowest BCUT2D eigenvalue weighted by Gasteiger charge is -2.08. The number of rotatable bonds is 8. The number of thiophene rings is 2. The molecule has 0 atom stereocenters. The molecule has 0 aliphatic heterocycles. The van der Waals surface area contributed by atoms with Crippen molar-refractivity contribution < 1.29 is 14.3 Å². The van der Waals surface area contributed by atoms with Crippen LogP contribution in [-0.4, -0.2) is 39.5 Å². The summed E-state index contributed by atoms with van der Waals surface area (Å²) in [5.74, 6) is 0.530. The summed E-state index contributed by atoms with van der Waals surface area (Å²) in [6, 6.07) is 4.10. The van der Waals surface area contributed by atoms with Crippen molar-refractivity contribution in [2.75, 3.05) is 18.2 Å². The van der Waals surface area contributed by atoms with Gasteiger partial charge in [0.1, 0.15) is 10.8 Å². The van der Waals surface area contributed by atoms with E-state index in [1.807, 2.05) is 22.9 Å². The van der Waals surface area contributed by atoms with Crippen molar-refractivity contribution in [1.82, 2.24) is 14.8 Å². The third-order valence-corrected chi connectivity index (χ3v) is 7.97. The van der Waals surface area contributed by atoms with Crippen LogP contribution in [0.5, 0.6) is 0 Å². The summed E-state index contributed by atoms with van der Waals surface area (Å²) in [5.41, 5.74) is 1.54. The number of carbonyl (C=O) groups excluding carboxylic acids is 2. The molecule has 3 aromatic heterocycles. The monoisotopic (exact) mass is 462 g/mol. The van der Waals surface area contributed by atoms with E-state index in [1.165, 1.54) is 40.0 Å². The maximum absolute atomic E-state index is 12.6. The third kappa shape index (κ3) is 4.30. The first kappa shape index (κ1) is 21.1. The Labute approximate surface area is 186 Å². The Morgan fingerprint density at radius 1 is 1.33 bits per heavy atom. The van der Waals surface area contributed by atoms with Gasteiger partial charge in [0, 0.05) is 22.7 Å². The highest BCUT2D eigenvalue weighted by Crippen LogP contribution is 2.39. The normalized spacial score (nSPS) is 12.7. The summed E-state index contributed by atoms with van der Waals surface area (Å²) in [4.78, 5) is 27.2. The molecule has 0 saturated carbocycles. The summed E-state index contributed by atoms with van der Waals surface area (Å²) >= 11 is 4.53. The number of aryl methyl sites for hydroxylation is 1. The number of nitrogens with zero attached hydrogens (tertiary/aromatic N) is 3. The van der Waals surface area contributed by atoms with Crippen molar-refractivity contribution in [3.63, 3.8) is 0 Å². The molecule has 1 N–H and O–H groups in total. The van der Waals surface area contributed by atoms with E-state index in [-0.39, 0.29) is 17.6 Å². The number of esters is 1. The number of aromatic nitrogens is 3. The zero-order valence-electron chi connectivity index (χ0n) is 16.8. The molecule has 4 rings (SSSR count). The Balaban J connectivity index is 1.42. The van der Waals surface area contributed by atoms with Crippen LogP contribution < -0.4 is 5.32 Å². The fourth-order valence-electron chi connectivity index (χ4n) is 3.55. The molecule has 0 saturated heterocycles. The van der Waals surface area contributed by atoms with Gasteiger partial charge in [-0.1, -0.05) is 17.8 Å². The summed E-state index contributed by atoms with van der Waals surface area (Å²) in [6.07, 6.45) is 3.57. The topological polar surface area (TPSA) is 86.1 Å². The average Bonchev–Trinajstić information content (AvgIpc) is 3.51. The largest absolute Gasteiger partial charge is 0.465 e. The number of anilines is 1. The van der Waals surface area contributed by atoms with Gasteiger partial charge < -0.3 is 14.6 Å². The van der Waals surface area contributed by atoms with Gasteiger partial charge in [0.25, 0.3) is 0 Å². The molecule has 1 aliphatic rings. The highest BCUT2D eigenvalue weighted by molar-refractivity contribution is 7.99. The fraction of sp³-hybridized carbons (Fsp3) is 0.400. The molecular weight excluding hydrogens is 440 g/mol. The second-order valence-corrected chi connectivity index (χ2v) is 9.87. The highest BCUT2D eigenvalue weighted by Gasteiger charge is 2.28. The first-order valence-corrected chi connectivity index (χ1v) is 12.4. The quantitative estimate of drug-likeness (QED) is 0.402. The van der Waals surface area contributed by atoms with Crippen molar-refractivity contribution in [1.29, 1.82) is 0 Å². The second-order valence-electron chi connectivity index (χ2n) is 6.79. The molecule has 0 bridgehead atoms. The number of methoxy groups -OCH3 is 1. The molecule has 30 heavy (non-hydrogen) atoms. The lowest BCUT2D eigenvalue weighted by Crippen LogP contribution is -2.16. The first-order chi connectivity index (χ1) is 14.6. The van der Waals surface area contributed by atoms with Gasteiger partial charge in [-0.25, -0.2) is 4.79 Å². The Kier molecular flexibility index (Phi) is 6.55. The molecule has 7 nitrogen and oxygen atoms in total. The molecule has 0 unspecified atom stereocenters. The van der Waals surface area contributed by atoms with E-state index < -0.39 is 0 Å². The SMILES string of the molecule is CCn1c(Cc2cccs2)nnc1SCC(=O)Nc1sc2c(c1C(=O)OC)CCC2. The number of amides is 1. The smallest absolute Gasteiger partial charge is 0.341 e. The Bertz CT molecular complexity index is 1060. The van der Waals surface area contributed by atoms with Crippen LogP contribution in [0.4, 0.5) is 5.00 Å². The lowest BCUT2D eigenvalue weighted by atomic mass is 10.1. The van der Waals surface area contributed by atoms with Gasteiger partial charge in [-0.2, -0.15) is 0 Å². The van der Waals surface area contributed by atoms with Crippen LogP contribution in [-0.2, 0) is 35.3 Å². The van der Waals surface area contributed by atoms with E-state index in [1.54, 1.807) is 11.3 Å². The average molecular weight is 463 g/mol. The molecule has 10 heteroatoms. The molecule has 0 fully saturated rings. The van der Waals surface area contributed by atoms with Crippen molar-refractivity contribution in [2.45, 2.75) is 44.3 Å². The number of ether oxygens (including phenoxy) is 1. The molecule has 1 aliphatic carbocycles. The van der Waals surface area contributed by atoms with Gasteiger partial charge in [0.05, 0.1) is 18.4 Å².